The van der Waals surface area contributed by atoms with Crippen LogP contribution in [0, 0.1) is 11.8 Å². The van der Waals surface area contributed by atoms with Gasteiger partial charge in [0.2, 0.25) is 11.8 Å². The first kappa shape index (κ1) is 15.3. The van der Waals surface area contributed by atoms with Gasteiger partial charge >= 0.3 is 0 Å². The van der Waals surface area contributed by atoms with Crippen molar-refractivity contribution >= 4 is 11.8 Å². The molecule has 0 aromatic heterocycles. The lowest BCUT2D eigenvalue weighted by molar-refractivity contribution is -0.137. The maximum Gasteiger partial charge on any atom is 0.245 e. The van der Waals surface area contributed by atoms with Crippen molar-refractivity contribution in [2.24, 2.45) is 11.8 Å². The summed E-state index contributed by atoms with van der Waals surface area (Å²) in [5.74, 6) is 1.36. The molecule has 1 aliphatic carbocycles. The molecule has 0 aromatic carbocycles. The second kappa shape index (κ2) is 6.59. The molecule has 20 heavy (non-hydrogen) atoms. The first-order valence-corrected chi connectivity index (χ1v) is 8.14. The van der Waals surface area contributed by atoms with Crippen molar-refractivity contribution in [1.82, 2.24) is 10.2 Å². The number of carbonyl (C=O) groups excluding carboxylic acids is 2. The molecule has 1 N–H and O–H groups in total. The molecule has 1 saturated carbocycles. The number of nitrogens with zero attached hydrogens (tertiary/aromatic N) is 1. The zero-order valence-corrected chi connectivity index (χ0v) is 13.0. The van der Waals surface area contributed by atoms with E-state index in [4.69, 9.17) is 0 Å². The van der Waals surface area contributed by atoms with Crippen molar-refractivity contribution in [3.63, 3.8) is 0 Å². The lowest BCUT2D eigenvalue weighted by atomic mass is 9.77. The maximum atomic E-state index is 12.7. The Bertz CT molecular complexity index is 369. The van der Waals surface area contributed by atoms with Crippen LogP contribution in [0.2, 0.25) is 0 Å². The predicted octanol–water partition coefficient (Wildman–Crippen LogP) is 2.33. The number of rotatable bonds is 3. The first-order chi connectivity index (χ1) is 9.54. The summed E-state index contributed by atoms with van der Waals surface area (Å²) >= 11 is 0. The average Bonchev–Trinajstić information content (AvgIpc) is 2.55. The third-order valence-corrected chi connectivity index (χ3v) is 5.14. The number of hydrogen-bond acceptors (Lipinski definition) is 2. The lowest BCUT2D eigenvalue weighted by Gasteiger charge is -2.41. The van der Waals surface area contributed by atoms with E-state index in [1.54, 1.807) is 0 Å². The summed E-state index contributed by atoms with van der Waals surface area (Å²) < 4.78 is 0. The van der Waals surface area contributed by atoms with E-state index in [0.29, 0.717) is 30.8 Å². The Morgan fingerprint density at radius 1 is 1.25 bits per heavy atom. The Morgan fingerprint density at radius 2 is 2.00 bits per heavy atom. The van der Waals surface area contributed by atoms with Crippen LogP contribution in [0.15, 0.2) is 0 Å². The summed E-state index contributed by atoms with van der Waals surface area (Å²) in [6.07, 6.45) is 5.65. The first-order valence-electron chi connectivity index (χ1n) is 8.14. The Hall–Kier alpha value is -1.06. The largest absolute Gasteiger partial charge is 0.344 e. The molecule has 0 spiro atoms. The Morgan fingerprint density at radius 3 is 2.70 bits per heavy atom. The molecule has 2 aliphatic rings. The van der Waals surface area contributed by atoms with Crippen molar-refractivity contribution in [2.75, 3.05) is 6.54 Å². The minimum absolute atomic E-state index is 0.0239. The van der Waals surface area contributed by atoms with Crippen LogP contribution in [-0.2, 0) is 9.59 Å². The van der Waals surface area contributed by atoms with Crippen LogP contribution < -0.4 is 5.32 Å². The van der Waals surface area contributed by atoms with Crippen LogP contribution in [0.3, 0.4) is 0 Å². The topological polar surface area (TPSA) is 49.4 Å². The predicted molar refractivity (Wildman–Crippen MR) is 79.1 cm³/mol. The van der Waals surface area contributed by atoms with Crippen molar-refractivity contribution in [3.8, 4) is 0 Å². The smallest absolute Gasteiger partial charge is 0.245 e. The number of hydrogen-bond donors (Lipinski definition) is 1. The maximum absolute atomic E-state index is 12.7. The second-order valence-corrected chi connectivity index (χ2v) is 6.53. The monoisotopic (exact) mass is 280 g/mol. The van der Waals surface area contributed by atoms with Crippen molar-refractivity contribution in [3.05, 3.63) is 0 Å². The van der Waals surface area contributed by atoms with Gasteiger partial charge in [0.1, 0.15) is 6.04 Å². The highest BCUT2D eigenvalue weighted by atomic mass is 16.2. The fourth-order valence-electron chi connectivity index (χ4n) is 3.67. The Labute approximate surface area is 122 Å². The quantitative estimate of drug-likeness (QED) is 0.862. The summed E-state index contributed by atoms with van der Waals surface area (Å²) in [6.45, 7) is 7.19. The molecule has 1 heterocycles. The average molecular weight is 280 g/mol. The summed E-state index contributed by atoms with van der Waals surface area (Å²) in [4.78, 5) is 26.6. The van der Waals surface area contributed by atoms with Crippen LogP contribution in [-0.4, -0.2) is 35.3 Å². The molecule has 114 valence electrons. The van der Waals surface area contributed by atoms with Gasteiger partial charge in [-0.3, -0.25) is 9.59 Å². The molecule has 0 aromatic rings. The highest BCUT2D eigenvalue weighted by molar-refractivity contribution is 5.90. The number of nitrogens with one attached hydrogen (secondary N) is 1. The zero-order chi connectivity index (χ0) is 14.7. The highest BCUT2D eigenvalue weighted by Crippen LogP contribution is 2.33. The summed E-state index contributed by atoms with van der Waals surface area (Å²) in [7, 11) is 0. The van der Waals surface area contributed by atoms with E-state index < -0.39 is 0 Å². The zero-order valence-electron chi connectivity index (χ0n) is 13.0. The SMILES string of the molecule is CCCC1NC(=O)CCN(C2CCCC(C)C2C)C1=O. The van der Waals surface area contributed by atoms with Crippen LogP contribution in [0.4, 0.5) is 0 Å². The highest BCUT2D eigenvalue weighted by Gasteiger charge is 2.38. The summed E-state index contributed by atoms with van der Waals surface area (Å²) in [6, 6.07) is 0.0118. The molecule has 4 nitrogen and oxygen atoms in total. The molecular weight excluding hydrogens is 252 g/mol. The second-order valence-electron chi connectivity index (χ2n) is 6.53. The molecule has 0 radical (unpaired) electrons. The Balaban J connectivity index is 2.15. The van der Waals surface area contributed by atoms with Gasteiger partial charge in [0.25, 0.3) is 0 Å². The van der Waals surface area contributed by atoms with Gasteiger partial charge < -0.3 is 10.2 Å². The van der Waals surface area contributed by atoms with E-state index in [2.05, 4.69) is 26.1 Å². The summed E-state index contributed by atoms with van der Waals surface area (Å²) in [5, 5.41) is 2.89. The molecule has 2 amide bonds. The van der Waals surface area contributed by atoms with Gasteiger partial charge in [-0.2, -0.15) is 0 Å². The van der Waals surface area contributed by atoms with E-state index in [-0.39, 0.29) is 17.9 Å². The van der Waals surface area contributed by atoms with E-state index >= 15 is 0 Å². The van der Waals surface area contributed by atoms with E-state index in [1.165, 1.54) is 12.8 Å². The fraction of sp³-hybridized carbons (Fsp3) is 0.875. The normalized spacial score (nSPS) is 35.6. The lowest BCUT2D eigenvalue weighted by Crippen LogP contribution is -2.52. The molecular formula is C16H28N2O2. The third-order valence-electron chi connectivity index (χ3n) is 5.14. The van der Waals surface area contributed by atoms with Gasteiger partial charge in [-0.25, -0.2) is 0 Å². The summed E-state index contributed by atoms with van der Waals surface area (Å²) in [5.41, 5.74) is 0. The van der Waals surface area contributed by atoms with Crippen LogP contribution >= 0.6 is 0 Å². The van der Waals surface area contributed by atoms with Gasteiger partial charge in [0.15, 0.2) is 0 Å². The Kier molecular flexibility index (Phi) is 5.06. The molecule has 4 heteroatoms. The molecule has 2 fully saturated rings. The standard InChI is InChI=1S/C16H28N2O2/c1-4-6-13-16(20)18(10-9-15(19)17-13)14-8-5-7-11(2)12(14)3/h11-14H,4-10H2,1-3H3,(H,17,19). The van der Waals surface area contributed by atoms with Gasteiger partial charge in [0, 0.05) is 19.0 Å². The van der Waals surface area contributed by atoms with Gasteiger partial charge in [-0.05, 0) is 24.7 Å². The van der Waals surface area contributed by atoms with Gasteiger partial charge in [-0.1, -0.05) is 40.0 Å². The molecule has 1 aliphatic heterocycles. The van der Waals surface area contributed by atoms with E-state index in [1.807, 2.05) is 4.90 Å². The van der Waals surface area contributed by atoms with Gasteiger partial charge in [-0.15, -0.1) is 0 Å². The number of carbonyl (C=O) groups is 2. The molecule has 4 atom stereocenters. The van der Waals surface area contributed by atoms with Crippen molar-refractivity contribution in [2.45, 2.75) is 71.4 Å². The third kappa shape index (κ3) is 3.15. The molecule has 2 rings (SSSR count). The van der Waals surface area contributed by atoms with Gasteiger partial charge in [0.05, 0.1) is 0 Å². The molecule has 1 saturated heterocycles. The van der Waals surface area contributed by atoms with Crippen LogP contribution in [0.1, 0.15) is 59.3 Å². The van der Waals surface area contributed by atoms with Crippen LogP contribution in [0.25, 0.3) is 0 Å². The van der Waals surface area contributed by atoms with Crippen LogP contribution in [0.5, 0.6) is 0 Å². The molecule has 4 unspecified atom stereocenters. The number of amides is 2. The van der Waals surface area contributed by atoms with E-state index in [9.17, 15) is 9.59 Å². The minimum atomic E-state index is -0.306. The van der Waals surface area contributed by atoms with Crippen molar-refractivity contribution < 1.29 is 9.59 Å². The molecule has 0 bridgehead atoms. The van der Waals surface area contributed by atoms with E-state index in [0.717, 1.165) is 19.3 Å². The minimum Gasteiger partial charge on any atom is -0.344 e. The van der Waals surface area contributed by atoms with Crippen molar-refractivity contribution in [1.29, 1.82) is 0 Å². The fourth-order valence-corrected chi connectivity index (χ4v) is 3.67.